The van der Waals surface area contributed by atoms with Crippen molar-refractivity contribution < 1.29 is 14.1 Å². The number of hydrogen-bond donors (Lipinski definition) is 3. The summed E-state index contributed by atoms with van der Waals surface area (Å²) in [6.07, 6.45) is 0. The van der Waals surface area contributed by atoms with Crippen LogP contribution >= 0.6 is 23.2 Å². The van der Waals surface area contributed by atoms with Crippen LogP contribution in [0.3, 0.4) is 0 Å². The van der Waals surface area contributed by atoms with Crippen molar-refractivity contribution in [1.29, 1.82) is 0 Å². The van der Waals surface area contributed by atoms with Crippen LogP contribution in [0.4, 0.5) is 5.69 Å². The normalized spacial score (nSPS) is 11.0. The van der Waals surface area contributed by atoms with E-state index in [1.807, 2.05) is 19.1 Å². The zero-order valence-electron chi connectivity index (χ0n) is 14.2. The third-order valence-corrected chi connectivity index (χ3v) is 4.42. The Morgan fingerprint density at radius 2 is 1.96 bits per heavy atom. The average Bonchev–Trinajstić information content (AvgIpc) is 3.24. The highest BCUT2D eigenvalue weighted by Crippen LogP contribution is 2.39. The highest BCUT2D eigenvalue weighted by molar-refractivity contribution is 6.37. The number of fused-ring (bicyclic) bond motifs is 1. The van der Waals surface area contributed by atoms with Crippen LogP contribution in [-0.4, -0.2) is 26.2 Å². The monoisotopic (exact) mass is 419 g/mol. The lowest BCUT2D eigenvalue weighted by Crippen LogP contribution is -2.14. The molecule has 0 aliphatic carbocycles. The molecule has 0 aliphatic heterocycles. The van der Waals surface area contributed by atoms with Gasteiger partial charge >= 0.3 is 5.76 Å². The lowest BCUT2D eigenvalue weighted by atomic mass is 10.2. The molecule has 1 amide bonds. The standard InChI is InChI=1S/C17H11Cl2N5O4/c1-7-10-6-9(2-3-13(10)23-22-7)27-14-11(18)4-8(5-12(14)19)20-16(25)15-21-17(26)28-24-15/h2-6H,1H3,(H,20,25)(H,22,23)(H,21,24,26). The molecule has 0 radical (unpaired) electrons. The first kappa shape index (κ1) is 18.1. The molecular weight excluding hydrogens is 409 g/mol. The topological polar surface area (TPSA) is 126 Å². The number of aromatic amines is 2. The SMILES string of the molecule is Cc1n[nH]c2ccc(Oc3c(Cl)cc(NC(=O)c4noc(=O)[nH]4)cc3Cl)cc12. The van der Waals surface area contributed by atoms with Crippen molar-refractivity contribution in [2.75, 3.05) is 5.32 Å². The van der Waals surface area contributed by atoms with Crippen LogP contribution in [0, 0.1) is 6.92 Å². The van der Waals surface area contributed by atoms with Gasteiger partial charge in [-0.05, 0) is 42.4 Å². The predicted octanol–water partition coefficient (Wildman–Crippen LogP) is 3.90. The molecule has 0 saturated heterocycles. The van der Waals surface area contributed by atoms with Gasteiger partial charge in [0.2, 0.25) is 5.82 Å². The summed E-state index contributed by atoms with van der Waals surface area (Å²) >= 11 is 12.6. The molecule has 4 rings (SSSR count). The van der Waals surface area contributed by atoms with Crippen molar-refractivity contribution in [1.82, 2.24) is 20.3 Å². The van der Waals surface area contributed by atoms with E-state index < -0.39 is 11.7 Å². The summed E-state index contributed by atoms with van der Waals surface area (Å²) in [7, 11) is 0. The van der Waals surface area contributed by atoms with Gasteiger partial charge in [0.15, 0.2) is 5.75 Å². The van der Waals surface area contributed by atoms with E-state index >= 15 is 0 Å². The van der Waals surface area contributed by atoms with Gasteiger partial charge < -0.3 is 10.1 Å². The molecule has 0 spiro atoms. The second-order valence-corrected chi connectivity index (χ2v) is 6.60. The number of rotatable bonds is 4. The fourth-order valence-electron chi connectivity index (χ4n) is 2.55. The molecule has 9 nitrogen and oxygen atoms in total. The predicted molar refractivity (Wildman–Crippen MR) is 102 cm³/mol. The van der Waals surface area contributed by atoms with Crippen molar-refractivity contribution in [2.45, 2.75) is 6.92 Å². The Hall–Kier alpha value is -3.30. The number of halogens is 2. The number of nitrogens with one attached hydrogen (secondary N) is 3. The quantitative estimate of drug-likeness (QED) is 0.460. The van der Waals surface area contributed by atoms with E-state index in [1.54, 1.807) is 6.07 Å². The molecule has 0 unspecified atom stereocenters. The number of H-pyrrole nitrogens is 2. The summed E-state index contributed by atoms with van der Waals surface area (Å²) in [6.45, 7) is 1.88. The number of benzene rings is 2. The van der Waals surface area contributed by atoms with Crippen LogP contribution in [0.5, 0.6) is 11.5 Å². The van der Waals surface area contributed by atoms with Crippen molar-refractivity contribution in [3.63, 3.8) is 0 Å². The summed E-state index contributed by atoms with van der Waals surface area (Å²) in [6, 6.07) is 8.32. The van der Waals surface area contributed by atoms with E-state index in [9.17, 15) is 9.59 Å². The zero-order valence-corrected chi connectivity index (χ0v) is 15.7. The van der Waals surface area contributed by atoms with Crippen LogP contribution in [0.1, 0.15) is 16.3 Å². The molecule has 2 aromatic heterocycles. The number of amides is 1. The third kappa shape index (κ3) is 3.45. The third-order valence-electron chi connectivity index (χ3n) is 3.86. The lowest BCUT2D eigenvalue weighted by molar-refractivity contribution is 0.101. The molecule has 28 heavy (non-hydrogen) atoms. The Labute approximate surface area is 166 Å². The maximum Gasteiger partial charge on any atom is 0.439 e. The Bertz CT molecular complexity index is 1240. The van der Waals surface area contributed by atoms with E-state index in [0.717, 1.165) is 16.6 Å². The van der Waals surface area contributed by atoms with E-state index in [2.05, 4.69) is 30.2 Å². The van der Waals surface area contributed by atoms with E-state index in [4.69, 9.17) is 27.9 Å². The highest BCUT2D eigenvalue weighted by atomic mass is 35.5. The van der Waals surface area contributed by atoms with E-state index in [0.29, 0.717) is 5.75 Å². The minimum absolute atomic E-state index is 0.181. The van der Waals surface area contributed by atoms with Gasteiger partial charge in [-0.25, -0.2) is 4.79 Å². The molecule has 0 aliphatic rings. The van der Waals surface area contributed by atoms with E-state index in [1.165, 1.54) is 12.1 Å². The maximum absolute atomic E-state index is 12.0. The maximum atomic E-state index is 12.0. The van der Waals surface area contributed by atoms with Gasteiger partial charge in [0.1, 0.15) is 5.75 Å². The van der Waals surface area contributed by atoms with Gasteiger partial charge in [-0.3, -0.25) is 19.4 Å². The van der Waals surface area contributed by atoms with Crippen molar-refractivity contribution in [3.8, 4) is 11.5 Å². The van der Waals surface area contributed by atoms with Crippen LogP contribution in [0.15, 0.2) is 39.6 Å². The summed E-state index contributed by atoms with van der Waals surface area (Å²) in [5.74, 6) is -1.04. The number of anilines is 1. The van der Waals surface area contributed by atoms with Gasteiger partial charge in [0.05, 0.1) is 21.3 Å². The number of ether oxygens (including phenoxy) is 1. The minimum atomic E-state index is -0.838. The van der Waals surface area contributed by atoms with Crippen LogP contribution in [0.2, 0.25) is 10.0 Å². The van der Waals surface area contributed by atoms with Gasteiger partial charge in [-0.2, -0.15) is 5.10 Å². The Balaban J connectivity index is 1.59. The first-order valence-electron chi connectivity index (χ1n) is 7.89. The Kier molecular flexibility index (Phi) is 4.54. The molecule has 0 fully saturated rings. The molecule has 3 N–H and O–H groups in total. The number of aryl methyl sites for hydroxylation is 1. The van der Waals surface area contributed by atoms with Crippen LogP contribution in [0.25, 0.3) is 10.9 Å². The van der Waals surface area contributed by atoms with Crippen molar-refractivity contribution in [3.05, 3.63) is 62.4 Å². The summed E-state index contributed by atoms with van der Waals surface area (Å²) in [5, 5.41) is 14.1. The van der Waals surface area contributed by atoms with Gasteiger partial charge in [-0.1, -0.05) is 23.2 Å². The Morgan fingerprint density at radius 1 is 1.21 bits per heavy atom. The highest BCUT2D eigenvalue weighted by Gasteiger charge is 2.16. The summed E-state index contributed by atoms with van der Waals surface area (Å²) in [4.78, 5) is 25.1. The average molecular weight is 420 g/mol. The summed E-state index contributed by atoms with van der Waals surface area (Å²) < 4.78 is 10.1. The molecule has 2 heterocycles. The lowest BCUT2D eigenvalue weighted by Gasteiger charge is -2.12. The number of aromatic nitrogens is 4. The molecule has 0 atom stereocenters. The van der Waals surface area contributed by atoms with Crippen molar-refractivity contribution in [2.24, 2.45) is 0 Å². The number of carbonyl (C=O) groups excluding carboxylic acids is 1. The molecule has 0 saturated carbocycles. The molecule has 2 aromatic carbocycles. The zero-order chi connectivity index (χ0) is 19.8. The first-order valence-corrected chi connectivity index (χ1v) is 8.65. The van der Waals surface area contributed by atoms with E-state index in [-0.39, 0.29) is 27.3 Å². The second-order valence-electron chi connectivity index (χ2n) is 5.79. The fourth-order valence-corrected chi connectivity index (χ4v) is 3.12. The molecule has 142 valence electrons. The van der Waals surface area contributed by atoms with Crippen LogP contribution < -0.4 is 15.8 Å². The fraction of sp³-hybridized carbons (Fsp3) is 0.0588. The molecule has 11 heteroatoms. The first-order chi connectivity index (χ1) is 13.4. The number of carbonyl (C=O) groups is 1. The van der Waals surface area contributed by atoms with Crippen molar-refractivity contribution >= 4 is 45.7 Å². The Morgan fingerprint density at radius 3 is 2.64 bits per heavy atom. The molecular formula is C17H11Cl2N5O4. The van der Waals surface area contributed by atoms with Gasteiger partial charge in [0.25, 0.3) is 5.91 Å². The molecule has 4 aromatic rings. The largest absolute Gasteiger partial charge is 0.454 e. The number of nitrogens with zero attached hydrogens (tertiary/aromatic N) is 2. The second kappa shape index (κ2) is 7.02. The molecule has 0 bridgehead atoms. The van der Waals surface area contributed by atoms with Gasteiger partial charge in [-0.15, -0.1) is 0 Å². The number of hydrogen-bond acceptors (Lipinski definition) is 6. The van der Waals surface area contributed by atoms with Crippen LogP contribution in [-0.2, 0) is 0 Å². The smallest absolute Gasteiger partial charge is 0.439 e. The van der Waals surface area contributed by atoms with Gasteiger partial charge in [0, 0.05) is 11.1 Å². The minimum Gasteiger partial charge on any atom is -0.454 e. The summed E-state index contributed by atoms with van der Waals surface area (Å²) in [5.41, 5.74) is 2.00.